The summed E-state index contributed by atoms with van der Waals surface area (Å²) in [4.78, 5) is 0. The molecule has 0 unspecified atom stereocenters. The number of fused-ring (bicyclic) bond motifs is 1. The molecule has 0 saturated carbocycles. The van der Waals surface area contributed by atoms with Crippen LogP contribution in [0.1, 0.15) is 17.5 Å². The average Bonchev–Trinajstić information content (AvgIpc) is 2.66. The molecule has 3 aromatic carbocycles. The first-order chi connectivity index (χ1) is 12.6. The van der Waals surface area contributed by atoms with Gasteiger partial charge in [-0.05, 0) is 55.2 Å². The molecule has 26 heavy (non-hydrogen) atoms. The second-order valence-electron chi connectivity index (χ2n) is 5.87. The van der Waals surface area contributed by atoms with Crippen molar-refractivity contribution in [2.24, 2.45) is 0 Å². The molecule has 0 spiro atoms. The average molecular weight is 352 g/mol. The third kappa shape index (κ3) is 6.40. The molecule has 1 aliphatic rings. The minimum Gasteiger partial charge on any atom is -0.508 e. The highest BCUT2D eigenvalue weighted by atomic mass is 16.5. The van der Waals surface area contributed by atoms with E-state index in [1.165, 1.54) is 5.56 Å². The largest absolute Gasteiger partial charge is 0.508 e. The topological polar surface area (TPSA) is 69.9 Å². The van der Waals surface area contributed by atoms with Gasteiger partial charge in [0.15, 0.2) is 0 Å². The molecule has 0 aromatic heterocycles. The Balaban J connectivity index is 0.000000145. The van der Waals surface area contributed by atoms with Crippen LogP contribution in [0.5, 0.6) is 23.0 Å². The van der Waals surface area contributed by atoms with Gasteiger partial charge in [-0.1, -0.05) is 42.5 Å². The van der Waals surface area contributed by atoms with Gasteiger partial charge in [0.25, 0.3) is 0 Å². The summed E-state index contributed by atoms with van der Waals surface area (Å²) in [5.74, 6) is 1.82. The number of rotatable bonds is 0. The maximum absolute atomic E-state index is 9.11. The molecule has 0 radical (unpaired) electrons. The van der Waals surface area contributed by atoms with Crippen molar-refractivity contribution in [1.29, 1.82) is 0 Å². The van der Waals surface area contributed by atoms with Gasteiger partial charge in [-0.3, -0.25) is 0 Å². The van der Waals surface area contributed by atoms with Crippen LogP contribution in [0.25, 0.3) is 0 Å². The van der Waals surface area contributed by atoms with Crippen LogP contribution in [0.3, 0.4) is 0 Å². The van der Waals surface area contributed by atoms with Crippen molar-refractivity contribution in [3.8, 4) is 23.0 Å². The van der Waals surface area contributed by atoms with E-state index in [0.717, 1.165) is 30.8 Å². The summed E-state index contributed by atoms with van der Waals surface area (Å²) in [5, 5.41) is 26.7. The minimum absolute atomic E-state index is 0.283. The van der Waals surface area contributed by atoms with Crippen molar-refractivity contribution in [2.75, 3.05) is 6.61 Å². The number of phenols is 3. The Hall–Kier alpha value is -3.14. The molecule has 0 saturated heterocycles. The number of ether oxygens (including phenoxy) is 1. The molecule has 3 aromatic rings. The first-order valence-electron chi connectivity index (χ1n) is 8.49. The van der Waals surface area contributed by atoms with Gasteiger partial charge in [-0.15, -0.1) is 0 Å². The van der Waals surface area contributed by atoms with Gasteiger partial charge < -0.3 is 20.1 Å². The molecule has 0 amide bonds. The van der Waals surface area contributed by atoms with Gasteiger partial charge in [0, 0.05) is 6.07 Å². The van der Waals surface area contributed by atoms with Crippen LogP contribution in [0.15, 0.2) is 72.8 Å². The molecule has 4 nitrogen and oxygen atoms in total. The van der Waals surface area contributed by atoms with Crippen molar-refractivity contribution in [1.82, 2.24) is 0 Å². The van der Waals surface area contributed by atoms with Crippen LogP contribution >= 0.6 is 0 Å². The normalized spacial score (nSPS) is 11.6. The van der Waals surface area contributed by atoms with E-state index >= 15 is 0 Å². The van der Waals surface area contributed by atoms with Crippen LogP contribution in [0, 0.1) is 6.92 Å². The van der Waals surface area contributed by atoms with E-state index in [9.17, 15) is 0 Å². The summed E-state index contributed by atoms with van der Waals surface area (Å²) in [5.41, 5.74) is 2.13. The van der Waals surface area contributed by atoms with Crippen molar-refractivity contribution >= 4 is 0 Å². The summed E-state index contributed by atoms with van der Waals surface area (Å²) >= 11 is 0. The van der Waals surface area contributed by atoms with Crippen molar-refractivity contribution in [3.05, 3.63) is 83.9 Å². The Morgan fingerprint density at radius 2 is 1.46 bits per heavy atom. The first-order valence-corrected chi connectivity index (χ1v) is 8.49. The van der Waals surface area contributed by atoms with Crippen molar-refractivity contribution in [3.63, 3.8) is 0 Å². The van der Waals surface area contributed by atoms with Crippen molar-refractivity contribution < 1.29 is 20.1 Å². The quantitative estimate of drug-likeness (QED) is 0.543. The Labute approximate surface area is 154 Å². The fraction of sp³-hybridized carbons (Fsp3) is 0.182. The van der Waals surface area contributed by atoms with E-state index in [1.54, 1.807) is 42.5 Å². The molecule has 1 heterocycles. The monoisotopic (exact) mass is 352 g/mol. The predicted octanol–water partition coefficient (Wildman–Crippen LogP) is 4.81. The molecule has 1 aliphatic heterocycles. The Bertz CT molecular complexity index is 779. The number of hydrogen-bond donors (Lipinski definition) is 3. The van der Waals surface area contributed by atoms with Gasteiger partial charge in [-0.25, -0.2) is 0 Å². The van der Waals surface area contributed by atoms with Crippen LogP contribution in [0.4, 0.5) is 0 Å². The Morgan fingerprint density at radius 3 is 2.04 bits per heavy atom. The number of benzene rings is 3. The highest BCUT2D eigenvalue weighted by Crippen LogP contribution is 2.27. The van der Waals surface area contributed by atoms with Gasteiger partial charge in [0.2, 0.25) is 0 Å². The smallest absolute Gasteiger partial charge is 0.126 e. The highest BCUT2D eigenvalue weighted by Gasteiger charge is 2.09. The molecule has 136 valence electrons. The Kier molecular flexibility index (Phi) is 7.37. The number of aryl methyl sites for hydroxylation is 2. The summed E-state index contributed by atoms with van der Waals surface area (Å²) < 4.78 is 5.34. The molecule has 4 heteroatoms. The maximum Gasteiger partial charge on any atom is 0.126 e. The predicted molar refractivity (Wildman–Crippen MR) is 103 cm³/mol. The second kappa shape index (κ2) is 9.99. The molecule has 0 aliphatic carbocycles. The minimum atomic E-state index is 0.283. The van der Waals surface area contributed by atoms with Gasteiger partial charge >= 0.3 is 0 Å². The van der Waals surface area contributed by atoms with E-state index in [4.69, 9.17) is 20.1 Å². The molecule has 0 bridgehead atoms. The van der Waals surface area contributed by atoms with Crippen LogP contribution in [0.2, 0.25) is 0 Å². The number of aromatic hydroxyl groups is 3. The summed E-state index contributed by atoms with van der Waals surface area (Å²) in [7, 11) is 0. The van der Waals surface area contributed by atoms with Crippen LogP contribution < -0.4 is 4.74 Å². The number of phenolic OH excluding ortho intramolecular Hbond substituents is 3. The van der Waals surface area contributed by atoms with E-state index in [-0.39, 0.29) is 5.75 Å². The van der Waals surface area contributed by atoms with E-state index in [1.807, 2.05) is 37.3 Å². The lowest BCUT2D eigenvalue weighted by Crippen LogP contribution is -2.07. The lowest BCUT2D eigenvalue weighted by atomic mass is 10.1. The molecular weight excluding hydrogens is 328 g/mol. The molecule has 0 fully saturated rings. The lowest BCUT2D eigenvalue weighted by Gasteiger charge is -2.16. The van der Waals surface area contributed by atoms with Crippen LogP contribution in [-0.2, 0) is 6.42 Å². The highest BCUT2D eigenvalue weighted by molar-refractivity contribution is 5.40. The third-order valence-electron chi connectivity index (χ3n) is 3.77. The third-order valence-corrected chi connectivity index (χ3v) is 3.77. The number of hydrogen-bond acceptors (Lipinski definition) is 4. The standard InChI is InChI=1S/C9H10O2.C7H8O.C6H6O/c10-8-4-3-7-2-1-5-11-9(7)6-8;1-6-4-2-3-5-7(6)8;7-6-4-2-1-3-5-6/h3-4,6,10H,1-2,5H2;2-5,8H,1H3;1-5,7H. The van der Waals surface area contributed by atoms with Gasteiger partial charge in [0.05, 0.1) is 6.61 Å². The lowest BCUT2D eigenvalue weighted by molar-refractivity contribution is 0.286. The maximum atomic E-state index is 9.11. The molecule has 0 atom stereocenters. The van der Waals surface area contributed by atoms with E-state index < -0.39 is 0 Å². The fourth-order valence-corrected chi connectivity index (χ4v) is 2.32. The second-order valence-corrected chi connectivity index (χ2v) is 5.87. The molecule has 4 rings (SSSR count). The number of para-hydroxylation sites is 2. The molecule has 3 N–H and O–H groups in total. The fourth-order valence-electron chi connectivity index (χ4n) is 2.32. The van der Waals surface area contributed by atoms with Crippen LogP contribution in [-0.4, -0.2) is 21.9 Å². The van der Waals surface area contributed by atoms with E-state index in [0.29, 0.717) is 11.5 Å². The Morgan fingerprint density at radius 1 is 0.769 bits per heavy atom. The zero-order valence-electron chi connectivity index (χ0n) is 14.8. The van der Waals surface area contributed by atoms with Gasteiger partial charge in [-0.2, -0.15) is 0 Å². The zero-order chi connectivity index (χ0) is 18.8. The summed E-state index contributed by atoms with van der Waals surface area (Å²) in [6, 6.07) is 21.3. The zero-order valence-corrected chi connectivity index (χ0v) is 14.8. The summed E-state index contributed by atoms with van der Waals surface area (Å²) in [6.45, 7) is 2.64. The summed E-state index contributed by atoms with van der Waals surface area (Å²) in [6.07, 6.45) is 2.15. The van der Waals surface area contributed by atoms with E-state index in [2.05, 4.69) is 0 Å². The molecular formula is C22H24O4. The first kappa shape index (κ1) is 19.2. The van der Waals surface area contributed by atoms with Gasteiger partial charge in [0.1, 0.15) is 23.0 Å². The van der Waals surface area contributed by atoms with Crippen molar-refractivity contribution in [2.45, 2.75) is 19.8 Å². The SMILES string of the molecule is Cc1ccccc1O.Oc1ccc2c(c1)OCCC2.Oc1ccccc1.